The van der Waals surface area contributed by atoms with Gasteiger partial charge in [-0.15, -0.1) is 0 Å². The fourth-order valence-electron chi connectivity index (χ4n) is 1.82. The van der Waals surface area contributed by atoms with Gasteiger partial charge in [0.1, 0.15) is 0 Å². The summed E-state index contributed by atoms with van der Waals surface area (Å²) in [4.78, 5) is 8.48. The highest BCUT2D eigenvalue weighted by Crippen LogP contribution is 2.32. The number of nitrogens with one attached hydrogen (secondary N) is 1. The molecular weight excluding hydrogens is 254 g/mol. The van der Waals surface area contributed by atoms with Crippen molar-refractivity contribution >= 4 is 17.7 Å². The van der Waals surface area contributed by atoms with Gasteiger partial charge < -0.3 is 15.8 Å². The van der Waals surface area contributed by atoms with Gasteiger partial charge in [-0.25, -0.2) is 4.98 Å². The zero-order valence-corrected chi connectivity index (χ0v) is 12.3. The zero-order valence-electron chi connectivity index (χ0n) is 12.3. The van der Waals surface area contributed by atoms with Gasteiger partial charge in [0.25, 0.3) is 0 Å². The van der Waals surface area contributed by atoms with E-state index in [0.717, 1.165) is 11.3 Å². The van der Waals surface area contributed by atoms with Crippen LogP contribution in [0.1, 0.15) is 26.3 Å². The van der Waals surface area contributed by atoms with Crippen LogP contribution in [0.4, 0.5) is 5.82 Å². The van der Waals surface area contributed by atoms with E-state index in [1.807, 2.05) is 32.9 Å². The molecule has 0 aliphatic carbocycles. The van der Waals surface area contributed by atoms with Crippen molar-refractivity contribution in [2.45, 2.75) is 26.6 Å². The third-order valence-corrected chi connectivity index (χ3v) is 3.40. The molecule has 0 radical (unpaired) electrons. The Balaban J connectivity index is 2.36. The van der Waals surface area contributed by atoms with Crippen molar-refractivity contribution in [2.24, 2.45) is 16.1 Å². The molecule has 1 unspecified atom stereocenters. The van der Waals surface area contributed by atoms with E-state index in [-0.39, 0.29) is 5.41 Å². The summed E-state index contributed by atoms with van der Waals surface area (Å²) < 4.78 is 5.19. The Morgan fingerprint density at radius 3 is 2.65 bits per heavy atom. The number of nitrogen functional groups attached to an aromatic ring is 1. The number of anilines is 1. The van der Waals surface area contributed by atoms with E-state index in [9.17, 15) is 0 Å². The number of hydrogen-bond donors (Lipinski definition) is 3. The quantitative estimate of drug-likeness (QED) is 0.756. The van der Waals surface area contributed by atoms with E-state index >= 15 is 0 Å². The molecule has 0 amide bonds. The topological polar surface area (TPSA) is 98.5 Å². The van der Waals surface area contributed by atoms with Crippen LogP contribution in [0.3, 0.4) is 0 Å². The van der Waals surface area contributed by atoms with Gasteiger partial charge in [0, 0.05) is 29.1 Å². The molecule has 108 valence electrons. The Bertz CT molecular complexity index is 573. The van der Waals surface area contributed by atoms with Crippen LogP contribution in [-0.2, 0) is 0 Å². The number of aromatic nitrogens is 1. The van der Waals surface area contributed by atoms with E-state index in [1.165, 1.54) is 0 Å². The van der Waals surface area contributed by atoms with E-state index in [2.05, 4.69) is 15.3 Å². The Kier molecular flexibility index (Phi) is 3.43. The third-order valence-electron chi connectivity index (χ3n) is 3.40. The largest absolute Gasteiger partial charge is 0.493 e. The van der Waals surface area contributed by atoms with Gasteiger partial charge in [0.15, 0.2) is 17.4 Å². The molecule has 1 aliphatic heterocycles. The number of allylic oxidation sites excluding steroid dienone is 1. The number of nitrogens with zero attached hydrogens (tertiary/aromatic N) is 2. The fourth-order valence-corrected chi connectivity index (χ4v) is 1.82. The maximum Gasteiger partial charge on any atom is 0.187 e. The van der Waals surface area contributed by atoms with Crippen LogP contribution in [0, 0.1) is 5.41 Å². The molecule has 0 saturated carbocycles. The molecule has 0 spiro atoms. The van der Waals surface area contributed by atoms with Crippen molar-refractivity contribution in [3.8, 4) is 5.75 Å². The second kappa shape index (κ2) is 4.79. The summed E-state index contributed by atoms with van der Waals surface area (Å²) in [6.07, 6.45) is 5.24. The zero-order chi connectivity index (χ0) is 15.0. The first-order valence-electron chi connectivity index (χ1n) is 6.39. The van der Waals surface area contributed by atoms with Crippen molar-refractivity contribution < 1.29 is 4.74 Å². The summed E-state index contributed by atoms with van der Waals surface area (Å²) in [7, 11) is 1.56. The first-order chi connectivity index (χ1) is 9.27. The lowest BCUT2D eigenvalue weighted by molar-refractivity contribution is 0.174. The van der Waals surface area contributed by atoms with Crippen LogP contribution in [0.2, 0.25) is 0 Å². The van der Waals surface area contributed by atoms with E-state index in [0.29, 0.717) is 11.6 Å². The average molecular weight is 275 g/mol. The number of hydrogen-bond acceptors (Lipinski definition) is 6. The predicted octanol–water partition coefficient (Wildman–Crippen LogP) is 1.35. The van der Waals surface area contributed by atoms with Crippen LogP contribution >= 0.6 is 0 Å². The standard InChI is InChI=1S/C14H21N5O/c1-13(2,3)14(16)18-6-5-10(19-14)9-7-11(20-4)12(15)17-8-9/h5-8,19H,16H2,1-4H3,(H2,15,17). The molecule has 0 bridgehead atoms. The van der Waals surface area contributed by atoms with Gasteiger partial charge in [0.2, 0.25) is 0 Å². The molecule has 2 heterocycles. The summed E-state index contributed by atoms with van der Waals surface area (Å²) in [6.45, 7) is 6.09. The molecule has 0 aromatic carbocycles. The first kappa shape index (κ1) is 14.3. The predicted molar refractivity (Wildman–Crippen MR) is 81.2 cm³/mol. The molecule has 0 fully saturated rings. The van der Waals surface area contributed by atoms with Crippen LogP contribution in [0.15, 0.2) is 23.3 Å². The van der Waals surface area contributed by atoms with Crippen LogP contribution in [-0.4, -0.2) is 24.1 Å². The highest BCUT2D eigenvalue weighted by atomic mass is 16.5. The second-order valence-electron chi connectivity index (χ2n) is 5.81. The molecule has 6 nitrogen and oxygen atoms in total. The number of methoxy groups -OCH3 is 1. The Labute approximate surface area is 118 Å². The maximum atomic E-state index is 6.34. The molecule has 1 aliphatic rings. The number of pyridine rings is 1. The maximum absolute atomic E-state index is 6.34. The van der Waals surface area contributed by atoms with Crippen LogP contribution in [0.25, 0.3) is 5.70 Å². The molecule has 1 aromatic rings. The Morgan fingerprint density at radius 2 is 2.05 bits per heavy atom. The van der Waals surface area contributed by atoms with Crippen molar-refractivity contribution in [2.75, 3.05) is 12.8 Å². The summed E-state index contributed by atoms with van der Waals surface area (Å²) in [6, 6.07) is 1.82. The molecule has 5 N–H and O–H groups in total. The minimum atomic E-state index is -0.869. The molecule has 1 aromatic heterocycles. The van der Waals surface area contributed by atoms with Crippen LogP contribution in [0.5, 0.6) is 5.75 Å². The Hall–Kier alpha value is -2.08. The molecule has 2 rings (SSSR count). The van der Waals surface area contributed by atoms with Gasteiger partial charge in [-0.05, 0) is 12.1 Å². The van der Waals surface area contributed by atoms with Crippen molar-refractivity contribution in [3.63, 3.8) is 0 Å². The average Bonchev–Trinajstić information content (AvgIpc) is 2.38. The molecular formula is C14H21N5O. The third kappa shape index (κ3) is 2.46. The first-order valence-corrected chi connectivity index (χ1v) is 6.39. The van der Waals surface area contributed by atoms with Gasteiger partial charge in [0.05, 0.1) is 7.11 Å². The lowest BCUT2D eigenvalue weighted by atomic mass is 9.86. The number of rotatable bonds is 2. The lowest BCUT2D eigenvalue weighted by Gasteiger charge is -2.41. The highest BCUT2D eigenvalue weighted by molar-refractivity contribution is 5.86. The summed E-state index contributed by atoms with van der Waals surface area (Å²) in [5, 5.41) is 3.26. The molecule has 1 atom stereocenters. The smallest absolute Gasteiger partial charge is 0.187 e. The normalized spacial score (nSPS) is 22.1. The Morgan fingerprint density at radius 1 is 1.35 bits per heavy atom. The lowest BCUT2D eigenvalue weighted by Crippen LogP contribution is -2.61. The van der Waals surface area contributed by atoms with Gasteiger partial charge in [-0.1, -0.05) is 20.8 Å². The minimum Gasteiger partial charge on any atom is -0.493 e. The SMILES string of the molecule is COc1cc(C2=CC=NC(N)(C(C)(C)C)N2)cnc1N. The van der Waals surface area contributed by atoms with E-state index in [4.69, 9.17) is 16.2 Å². The molecule has 20 heavy (non-hydrogen) atoms. The van der Waals surface area contributed by atoms with Crippen LogP contribution < -0.4 is 21.5 Å². The summed E-state index contributed by atoms with van der Waals surface area (Å²) >= 11 is 0. The second-order valence-corrected chi connectivity index (χ2v) is 5.81. The molecule has 6 heteroatoms. The fraction of sp³-hybridized carbons (Fsp3) is 0.429. The summed E-state index contributed by atoms with van der Waals surface area (Å²) in [5.74, 6) is 0.0216. The van der Waals surface area contributed by atoms with Crippen molar-refractivity contribution in [3.05, 3.63) is 23.9 Å². The summed E-state index contributed by atoms with van der Waals surface area (Å²) in [5.41, 5.74) is 13.5. The molecule has 0 saturated heterocycles. The van der Waals surface area contributed by atoms with Crippen molar-refractivity contribution in [1.29, 1.82) is 0 Å². The minimum absolute atomic E-state index is 0.242. The van der Waals surface area contributed by atoms with E-state index < -0.39 is 5.79 Å². The van der Waals surface area contributed by atoms with Gasteiger partial charge in [-0.2, -0.15) is 0 Å². The van der Waals surface area contributed by atoms with Gasteiger partial charge >= 0.3 is 0 Å². The number of aliphatic imine (C=N–C) groups is 1. The van der Waals surface area contributed by atoms with Crippen molar-refractivity contribution in [1.82, 2.24) is 10.3 Å². The highest BCUT2D eigenvalue weighted by Gasteiger charge is 2.39. The van der Waals surface area contributed by atoms with Gasteiger partial charge in [-0.3, -0.25) is 10.7 Å². The van der Waals surface area contributed by atoms with E-state index in [1.54, 1.807) is 19.5 Å². The monoisotopic (exact) mass is 275 g/mol. The number of nitrogens with two attached hydrogens (primary N) is 2. The number of ether oxygens (including phenoxy) is 1.